The highest BCUT2D eigenvalue weighted by Crippen LogP contribution is 2.22. The van der Waals surface area contributed by atoms with E-state index in [2.05, 4.69) is 4.90 Å². The Morgan fingerprint density at radius 3 is 2.48 bits per heavy atom. The van der Waals surface area contributed by atoms with Gasteiger partial charge in [0, 0.05) is 39.1 Å². The van der Waals surface area contributed by atoms with Crippen molar-refractivity contribution in [1.82, 2.24) is 9.80 Å². The average molecular weight is 366 g/mol. The molecule has 7 heteroatoms. The van der Waals surface area contributed by atoms with E-state index in [9.17, 15) is 13.2 Å². The van der Waals surface area contributed by atoms with Crippen LogP contribution >= 0.6 is 0 Å². The number of carbonyl (C=O) groups is 1. The number of benzene rings is 1. The number of nitrogens with zero attached hydrogens (tertiary/aromatic N) is 2. The predicted octanol–water partition coefficient (Wildman–Crippen LogP) is 1.03. The molecule has 1 aromatic rings. The Morgan fingerprint density at radius 1 is 1.12 bits per heavy atom. The van der Waals surface area contributed by atoms with E-state index >= 15 is 0 Å². The van der Waals surface area contributed by atoms with Crippen molar-refractivity contribution in [3.8, 4) is 5.75 Å². The molecule has 1 atom stereocenters. The normalized spacial score (nSPS) is 23.5. The van der Waals surface area contributed by atoms with Crippen LogP contribution in [0, 0.1) is 5.92 Å². The minimum Gasteiger partial charge on any atom is -0.492 e. The fourth-order valence-electron chi connectivity index (χ4n) is 3.44. The smallest absolute Gasteiger partial charge is 0.222 e. The van der Waals surface area contributed by atoms with E-state index in [1.54, 1.807) is 0 Å². The highest BCUT2D eigenvalue weighted by molar-refractivity contribution is 7.91. The summed E-state index contributed by atoms with van der Waals surface area (Å²) in [5.74, 6) is 1.40. The van der Waals surface area contributed by atoms with Gasteiger partial charge in [0.25, 0.3) is 0 Å². The Morgan fingerprint density at radius 2 is 1.84 bits per heavy atom. The minimum absolute atomic E-state index is 0.00908. The summed E-state index contributed by atoms with van der Waals surface area (Å²) in [7, 11) is -2.91. The number of rotatable bonds is 6. The lowest BCUT2D eigenvalue weighted by Gasteiger charge is -2.35. The Bertz CT molecular complexity index is 670. The van der Waals surface area contributed by atoms with E-state index in [-0.39, 0.29) is 23.3 Å². The van der Waals surface area contributed by atoms with Crippen molar-refractivity contribution in [2.24, 2.45) is 5.92 Å². The van der Waals surface area contributed by atoms with Gasteiger partial charge in [0.15, 0.2) is 9.84 Å². The molecule has 1 aromatic carbocycles. The lowest BCUT2D eigenvalue weighted by Crippen LogP contribution is -2.49. The van der Waals surface area contributed by atoms with Gasteiger partial charge in [-0.2, -0.15) is 0 Å². The quantitative estimate of drug-likeness (QED) is 0.752. The van der Waals surface area contributed by atoms with Crippen LogP contribution in [-0.4, -0.2) is 75.0 Å². The van der Waals surface area contributed by atoms with E-state index in [0.29, 0.717) is 32.5 Å². The molecular formula is C18H26N2O4S. The van der Waals surface area contributed by atoms with Crippen LogP contribution in [0.15, 0.2) is 30.3 Å². The lowest BCUT2D eigenvalue weighted by molar-refractivity contribution is -0.133. The molecule has 0 aliphatic carbocycles. The summed E-state index contributed by atoms with van der Waals surface area (Å²) in [5, 5.41) is 0. The molecule has 0 aromatic heterocycles. The summed E-state index contributed by atoms with van der Waals surface area (Å²) in [6, 6.07) is 9.76. The summed E-state index contributed by atoms with van der Waals surface area (Å²) in [4.78, 5) is 16.5. The maximum absolute atomic E-state index is 12.4. The molecule has 2 aliphatic rings. The molecule has 1 unspecified atom stereocenters. The SMILES string of the molecule is O=C(CC1CCS(=O)(=O)C1)N1CCN(CCOc2ccccc2)CC1. The number of hydrogen-bond donors (Lipinski definition) is 0. The van der Waals surface area contributed by atoms with Crippen LogP contribution < -0.4 is 4.74 Å². The Kier molecular flexibility index (Phi) is 5.96. The Hall–Kier alpha value is -1.60. The van der Waals surface area contributed by atoms with Crippen LogP contribution in [0.25, 0.3) is 0 Å². The van der Waals surface area contributed by atoms with E-state index < -0.39 is 9.84 Å². The Labute approximate surface area is 149 Å². The molecule has 138 valence electrons. The molecule has 1 amide bonds. The number of sulfone groups is 1. The summed E-state index contributed by atoms with van der Waals surface area (Å²) >= 11 is 0. The third-order valence-corrected chi connectivity index (χ3v) is 6.77. The van der Waals surface area contributed by atoms with E-state index in [1.165, 1.54) is 0 Å². The average Bonchev–Trinajstić information content (AvgIpc) is 2.95. The third-order valence-electron chi connectivity index (χ3n) is 4.93. The molecule has 2 saturated heterocycles. The van der Waals surface area contributed by atoms with Gasteiger partial charge in [-0.1, -0.05) is 18.2 Å². The van der Waals surface area contributed by atoms with Crippen LogP contribution in [-0.2, 0) is 14.6 Å². The molecule has 6 nitrogen and oxygen atoms in total. The van der Waals surface area contributed by atoms with Gasteiger partial charge in [-0.05, 0) is 24.5 Å². The molecule has 0 spiro atoms. The van der Waals surface area contributed by atoms with Crippen molar-refractivity contribution >= 4 is 15.7 Å². The van der Waals surface area contributed by atoms with Crippen LogP contribution in [0.3, 0.4) is 0 Å². The maximum atomic E-state index is 12.4. The number of piperazine rings is 1. The number of amides is 1. The van der Waals surface area contributed by atoms with Gasteiger partial charge in [-0.15, -0.1) is 0 Å². The molecular weight excluding hydrogens is 340 g/mol. The standard InChI is InChI=1S/C18H26N2O4S/c21-18(14-16-6-13-25(22,23)15-16)20-9-7-19(8-10-20)11-12-24-17-4-2-1-3-5-17/h1-5,16H,6-15H2. The van der Waals surface area contributed by atoms with E-state index in [4.69, 9.17) is 4.74 Å². The molecule has 2 heterocycles. The second-order valence-electron chi connectivity index (χ2n) is 6.86. The van der Waals surface area contributed by atoms with Crippen LogP contribution in [0.5, 0.6) is 5.75 Å². The first-order chi connectivity index (χ1) is 12.0. The van der Waals surface area contributed by atoms with Crippen molar-refractivity contribution in [1.29, 1.82) is 0 Å². The summed E-state index contributed by atoms with van der Waals surface area (Å²) in [6.45, 7) is 4.59. The Balaban J connectivity index is 1.35. The van der Waals surface area contributed by atoms with Crippen molar-refractivity contribution in [3.63, 3.8) is 0 Å². The van der Waals surface area contributed by atoms with Crippen molar-refractivity contribution in [3.05, 3.63) is 30.3 Å². The molecule has 0 N–H and O–H groups in total. The molecule has 0 bridgehead atoms. The minimum atomic E-state index is -2.91. The van der Waals surface area contributed by atoms with Gasteiger partial charge < -0.3 is 9.64 Å². The molecule has 25 heavy (non-hydrogen) atoms. The first kappa shape index (κ1) is 18.2. The number of hydrogen-bond acceptors (Lipinski definition) is 5. The second-order valence-corrected chi connectivity index (χ2v) is 9.09. The van der Waals surface area contributed by atoms with Gasteiger partial charge in [-0.25, -0.2) is 8.42 Å². The largest absolute Gasteiger partial charge is 0.492 e. The molecule has 2 fully saturated rings. The highest BCUT2D eigenvalue weighted by atomic mass is 32.2. The molecule has 2 aliphatic heterocycles. The fourth-order valence-corrected chi connectivity index (χ4v) is 5.30. The topological polar surface area (TPSA) is 66.9 Å². The second kappa shape index (κ2) is 8.19. The van der Waals surface area contributed by atoms with Gasteiger partial charge in [0.1, 0.15) is 12.4 Å². The fraction of sp³-hybridized carbons (Fsp3) is 0.611. The zero-order chi connectivity index (χ0) is 17.7. The van der Waals surface area contributed by atoms with Crippen molar-refractivity contribution in [2.75, 3.05) is 50.8 Å². The first-order valence-electron chi connectivity index (χ1n) is 8.90. The van der Waals surface area contributed by atoms with E-state index in [0.717, 1.165) is 25.4 Å². The first-order valence-corrected chi connectivity index (χ1v) is 10.7. The van der Waals surface area contributed by atoms with Gasteiger partial charge in [-0.3, -0.25) is 9.69 Å². The summed E-state index contributed by atoms with van der Waals surface area (Å²) < 4.78 is 28.7. The zero-order valence-corrected chi connectivity index (χ0v) is 15.3. The number of carbonyl (C=O) groups excluding carboxylic acids is 1. The summed E-state index contributed by atoms with van der Waals surface area (Å²) in [5.41, 5.74) is 0. The van der Waals surface area contributed by atoms with Gasteiger partial charge in [0.05, 0.1) is 11.5 Å². The van der Waals surface area contributed by atoms with Crippen LogP contribution in [0.1, 0.15) is 12.8 Å². The third kappa shape index (κ3) is 5.44. The lowest BCUT2D eigenvalue weighted by atomic mass is 10.0. The molecule has 0 radical (unpaired) electrons. The molecule has 3 rings (SSSR count). The van der Waals surface area contributed by atoms with Crippen molar-refractivity contribution < 1.29 is 17.9 Å². The maximum Gasteiger partial charge on any atom is 0.222 e. The van der Waals surface area contributed by atoms with Crippen molar-refractivity contribution in [2.45, 2.75) is 12.8 Å². The number of para-hydroxylation sites is 1. The van der Waals surface area contributed by atoms with Crippen LogP contribution in [0.2, 0.25) is 0 Å². The predicted molar refractivity (Wildman–Crippen MR) is 96.3 cm³/mol. The van der Waals surface area contributed by atoms with Gasteiger partial charge >= 0.3 is 0 Å². The zero-order valence-electron chi connectivity index (χ0n) is 14.5. The van der Waals surface area contributed by atoms with Gasteiger partial charge in [0.2, 0.25) is 5.91 Å². The van der Waals surface area contributed by atoms with E-state index in [1.807, 2.05) is 35.2 Å². The monoisotopic (exact) mass is 366 g/mol. The molecule has 0 saturated carbocycles. The highest BCUT2D eigenvalue weighted by Gasteiger charge is 2.31. The van der Waals surface area contributed by atoms with Crippen LogP contribution in [0.4, 0.5) is 0 Å². The summed E-state index contributed by atoms with van der Waals surface area (Å²) in [6.07, 6.45) is 1.00. The number of ether oxygens (including phenoxy) is 1.